The number of hydrogen-bond donors (Lipinski definition) is 2. The number of nitrogens with two attached hydrogens (primary N) is 2. The van der Waals surface area contributed by atoms with Crippen LogP contribution in [0, 0.1) is 11.8 Å². The Labute approximate surface area is 191 Å². The molecule has 0 radical (unpaired) electrons. The summed E-state index contributed by atoms with van der Waals surface area (Å²) >= 11 is 0. The van der Waals surface area contributed by atoms with E-state index in [9.17, 15) is 25.9 Å². The minimum absolute atomic E-state index is 0.0792. The lowest BCUT2D eigenvalue weighted by atomic mass is 10.0. The Morgan fingerprint density at radius 2 is 1.09 bits per heavy atom. The highest BCUT2D eigenvalue weighted by atomic mass is 32.2. The molecule has 4 rings (SSSR count). The summed E-state index contributed by atoms with van der Waals surface area (Å²) in [6, 6.07) is 7.09. The zero-order valence-corrected chi connectivity index (χ0v) is 20.3. The molecule has 10 heteroatoms. The molecule has 32 heavy (non-hydrogen) atoms. The van der Waals surface area contributed by atoms with E-state index < -0.39 is 30.0 Å². The van der Waals surface area contributed by atoms with Gasteiger partial charge in [0.1, 0.15) is 20.2 Å². The third kappa shape index (κ3) is 8.42. The summed E-state index contributed by atoms with van der Waals surface area (Å²) in [4.78, 5) is -1.10. The first kappa shape index (κ1) is 26.7. The second-order valence-corrected chi connectivity index (χ2v) is 11.3. The molecular formula is C22H34N2O6S2. The van der Waals surface area contributed by atoms with Crippen LogP contribution in [0.2, 0.25) is 0 Å². The predicted octanol–water partition coefficient (Wildman–Crippen LogP) is 0.607. The summed E-state index contributed by atoms with van der Waals surface area (Å²) in [5, 5.41) is 4.66. The Hall–Kier alpha value is -1.56. The van der Waals surface area contributed by atoms with E-state index in [0.717, 1.165) is 24.0 Å². The van der Waals surface area contributed by atoms with E-state index in [1.807, 2.05) is 0 Å². The van der Waals surface area contributed by atoms with Gasteiger partial charge in [0.25, 0.3) is 0 Å². The van der Waals surface area contributed by atoms with Crippen LogP contribution in [0.25, 0.3) is 10.8 Å². The van der Waals surface area contributed by atoms with Crippen molar-refractivity contribution in [1.82, 2.24) is 0 Å². The van der Waals surface area contributed by atoms with Crippen LogP contribution in [0.1, 0.15) is 39.5 Å². The van der Waals surface area contributed by atoms with E-state index >= 15 is 0 Å². The second kappa shape index (κ2) is 12.1. The molecule has 0 bridgehead atoms. The van der Waals surface area contributed by atoms with Gasteiger partial charge in [0.2, 0.25) is 0 Å². The van der Waals surface area contributed by atoms with Crippen LogP contribution < -0.4 is 10.6 Å². The smallest absolute Gasteiger partial charge is 0.125 e. The maximum absolute atomic E-state index is 11.0. The van der Waals surface area contributed by atoms with Crippen LogP contribution in [0.15, 0.2) is 46.2 Å². The van der Waals surface area contributed by atoms with Crippen molar-refractivity contribution < 1.29 is 36.6 Å². The molecule has 8 nitrogen and oxygen atoms in total. The zero-order valence-electron chi connectivity index (χ0n) is 18.7. The number of piperidine rings is 2. The van der Waals surface area contributed by atoms with Gasteiger partial charge >= 0.3 is 0 Å². The fourth-order valence-corrected chi connectivity index (χ4v) is 5.34. The highest BCUT2D eigenvalue weighted by Gasteiger charge is 2.12. The highest BCUT2D eigenvalue weighted by molar-refractivity contribution is 7.86. The molecule has 2 atom stereocenters. The Morgan fingerprint density at radius 3 is 1.31 bits per heavy atom. The minimum atomic E-state index is -4.74. The van der Waals surface area contributed by atoms with Crippen LogP contribution in [0.3, 0.4) is 0 Å². The summed E-state index contributed by atoms with van der Waals surface area (Å²) in [6.45, 7) is 10.1. The van der Waals surface area contributed by atoms with Crippen LogP contribution in [0.5, 0.6) is 0 Å². The molecule has 0 aromatic heterocycles. The summed E-state index contributed by atoms with van der Waals surface area (Å²) in [6.07, 6.45) is 5.77. The van der Waals surface area contributed by atoms with E-state index in [-0.39, 0.29) is 10.8 Å². The first-order valence-electron chi connectivity index (χ1n) is 11.1. The van der Waals surface area contributed by atoms with Crippen LogP contribution in [0.4, 0.5) is 0 Å². The van der Waals surface area contributed by atoms with Crippen molar-refractivity contribution in [1.29, 1.82) is 0 Å². The summed E-state index contributed by atoms with van der Waals surface area (Å²) in [5.41, 5.74) is 0. The fraction of sp³-hybridized carbons (Fsp3) is 0.545. The number of hydrogen-bond acceptors (Lipinski definition) is 6. The Kier molecular flexibility index (Phi) is 10.1. The van der Waals surface area contributed by atoms with E-state index in [4.69, 9.17) is 0 Å². The molecule has 180 valence electrons. The van der Waals surface area contributed by atoms with Gasteiger partial charge in [-0.3, -0.25) is 0 Å². The van der Waals surface area contributed by atoms with Gasteiger partial charge in [-0.2, -0.15) is 0 Å². The van der Waals surface area contributed by atoms with Gasteiger partial charge in [-0.25, -0.2) is 16.8 Å². The van der Waals surface area contributed by atoms with E-state index in [2.05, 4.69) is 24.5 Å². The molecule has 0 aliphatic carbocycles. The summed E-state index contributed by atoms with van der Waals surface area (Å²) in [5.74, 6) is 1.96. The number of fused-ring (bicyclic) bond motifs is 1. The van der Waals surface area contributed by atoms with Crippen molar-refractivity contribution in [2.24, 2.45) is 11.8 Å². The van der Waals surface area contributed by atoms with Crippen molar-refractivity contribution >= 4 is 31.0 Å². The van der Waals surface area contributed by atoms with Crippen LogP contribution >= 0.6 is 0 Å². The van der Waals surface area contributed by atoms with Gasteiger partial charge in [-0.15, -0.1) is 0 Å². The van der Waals surface area contributed by atoms with Gasteiger partial charge in [0.15, 0.2) is 0 Å². The highest BCUT2D eigenvalue weighted by Crippen LogP contribution is 2.27. The molecule has 2 aromatic rings. The van der Waals surface area contributed by atoms with Gasteiger partial charge in [0, 0.05) is 22.6 Å². The van der Waals surface area contributed by atoms with Gasteiger partial charge in [-0.05, 0) is 37.8 Å². The monoisotopic (exact) mass is 486 g/mol. The molecule has 2 heterocycles. The average molecular weight is 487 g/mol. The van der Waals surface area contributed by atoms with Gasteiger partial charge in [0.05, 0.1) is 36.0 Å². The fourth-order valence-electron chi connectivity index (χ4n) is 3.95. The lowest BCUT2D eigenvalue weighted by Crippen LogP contribution is -2.87. The zero-order chi connectivity index (χ0) is 23.8. The lowest BCUT2D eigenvalue weighted by molar-refractivity contribution is -0.668. The first-order valence-corrected chi connectivity index (χ1v) is 13.9. The molecule has 2 aliphatic rings. The lowest BCUT2D eigenvalue weighted by Gasteiger charge is -2.14. The average Bonchev–Trinajstić information content (AvgIpc) is 2.73. The Bertz CT molecular complexity index is 988. The number of quaternary nitrogens is 2. The van der Waals surface area contributed by atoms with E-state index in [1.54, 1.807) is 0 Å². The molecule has 2 saturated heterocycles. The molecule has 0 amide bonds. The van der Waals surface area contributed by atoms with Gasteiger partial charge in [-0.1, -0.05) is 38.1 Å². The summed E-state index contributed by atoms with van der Waals surface area (Å²) in [7, 11) is -9.48. The van der Waals surface area contributed by atoms with Crippen molar-refractivity contribution in [2.75, 3.05) is 26.2 Å². The second-order valence-electron chi connectivity index (χ2n) is 8.64. The van der Waals surface area contributed by atoms with Crippen LogP contribution in [-0.2, 0) is 20.2 Å². The maximum Gasteiger partial charge on any atom is 0.125 e. The SMILES string of the molecule is C[C@@H]1CCC[NH2+]C1.C[C@H]1CCC[NH2+]C1.O=S(=O)([O-])c1cccc2c(S(=O)(=O)[O-])cccc12. The third-order valence-electron chi connectivity index (χ3n) is 5.73. The molecule has 2 aromatic carbocycles. The number of rotatable bonds is 2. The predicted molar refractivity (Wildman–Crippen MR) is 120 cm³/mol. The van der Waals surface area contributed by atoms with Crippen molar-refractivity contribution in [3.63, 3.8) is 0 Å². The Balaban J connectivity index is 0.000000211. The topological polar surface area (TPSA) is 148 Å². The molecule has 0 spiro atoms. The van der Waals surface area contributed by atoms with Crippen molar-refractivity contribution in [3.05, 3.63) is 36.4 Å². The quantitative estimate of drug-likeness (QED) is 0.594. The molecular weight excluding hydrogens is 452 g/mol. The molecule has 0 saturated carbocycles. The van der Waals surface area contributed by atoms with Crippen LogP contribution in [-0.4, -0.2) is 52.1 Å². The number of benzene rings is 2. The molecule has 4 N–H and O–H groups in total. The molecule has 2 aliphatic heterocycles. The standard InChI is InChI=1S/C10H8O6S2.2C6H13N/c11-17(12,13)9-5-1-3-7-8(9)4-2-6-10(7)18(14,15)16;2*1-6-3-2-4-7-5-6/h1-6H,(H,11,12,13)(H,14,15,16);2*6-7H,2-5H2,1H3/t;2*6-/m.10/s1. The van der Waals surface area contributed by atoms with E-state index in [0.29, 0.717) is 0 Å². The minimum Gasteiger partial charge on any atom is -0.744 e. The Morgan fingerprint density at radius 1 is 0.719 bits per heavy atom. The largest absolute Gasteiger partial charge is 0.744 e. The van der Waals surface area contributed by atoms with Crippen molar-refractivity contribution in [2.45, 2.75) is 49.3 Å². The molecule has 2 fully saturated rings. The molecule has 0 unspecified atom stereocenters. The maximum atomic E-state index is 11.0. The third-order valence-corrected chi connectivity index (χ3v) is 7.52. The summed E-state index contributed by atoms with van der Waals surface area (Å²) < 4.78 is 66.1. The first-order chi connectivity index (χ1) is 15.0. The normalized spacial score (nSPS) is 21.6. The van der Waals surface area contributed by atoms with Gasteiger partial charge < -0.3 is 19.7 Å². The van der Waals surface area contributed by atoms with Crippen molar-refractivity contribution in [3.8, 4) is 0 Å². The van der Waals surface area contributed by atoms with E-state index in [1.165, 1.54) is 76.1 Å².